The normalized spacial score (nSPS) is 12.3. The molecule has 0 heterocycles. The highest BCUT2D eigenvalue weighted by molar-refractivity contribution is 5.20. The van der Waals surface area contributed by atoms with Gasteiger partial charge >= 0.3 is 0 Å². The number of hydrogen-bond acceptors (Lipinski definition) is 4. The van der Waals surface area contributed by atoms with E-state index in [1.165, 1.54) is 0 Å². The van der Waals surface area contributed by atoms with Gasteiger partial charge in [0.15, 0.2) is 0 Å². The van der Waals surface area contributed by atoms with Gasteiger partial charge in [0.2, 0.25) is 0 Å². The van der Waals surface area contributed by atoms with Crippen LogP contribution in [0, 0.1) is 0 Å². The Bertz CT molecular complexity index is 306. The van der Waals surface area contributed by atoms with E-state index in [2.05, 4.69) is 12.2 Å². The van der Waals surface area contributed by atoms with Gasteiger partial charge in [0.25, 0.3) is 0 Å². The van der Waals surface area contributed by atoms with Gasteiger partial charge < -0.3 is 19.5 Å². The largest absolute Gasteiger partial charge is 0.491 e. The number of benzene rings is 1. The first kappa shape index (κ1) is 16.0. The smallest absolute Gasteiger partial charge is 0.119 e. The Morgan fingerprint density at radius 2 is 1.89 bits per heavy atom. The van der Waals surface area contributed by atoms with Crippen LogP contribution < -0.4 is 10.1 Å². The monoisotopic (exact) mass is 267 g/mol. The van der Waals surface area contributed by atoms with Crippen LogP contribution in [0.1, 0.15) is 13.3 Å². The van der Waals surface area contributed by atoms with Gasteiger partial charge in [0.05, 0.1) is 12.7 Å². The minimum absolute atomic E-state index is 0.196. The van der Waals surface area contributed by atoms with Gasteiger partial charge in [-0.2, -0.15) is 0 Å². The molecule has 0 fully saturated rings. The van der Waals surface area contributed by atoms with Crippen molar-refractivity contribution < 1.29 is 14.2 Å². The summed E-state index contributed by atoms with van der Waals surface area (Å²) in [4.78, 5) is 0. The van der Waals surface area contributed by atoms with Crippen molar-refractivity contribution in [3.8, 4) is 5.75 Å². The zero-order valence-electron chi connectivity index (χ0n) is 11.9. The van der Waals surface area contributed by atoms with Crippen LogP contribution in [0.25, 0.3) is 0 Å². The number of ether oxygens (including phenoxy) is 3. The standard InChI is InChI=1S/C15H25NO3/c1-14(13-16-9-6-10-17-2)18-11-12-19-15-7-4-3-5-8-15/h3-5,7-8,14,16H,6,9-13H2,1-2H3. The van der Waals surface area contributed by atoms with Crippen LogP contribution in [0.3, 0.4) is 0 Å². The SMILES string of the molecule is COCCCNCC(C)OCCOc1ccccc1. The maximum Gasteiger partial charge on any atom is 0.119 e. The number of rotatable bonds is 11. The molecule has 0 spiro atoms. The fraction of sp³-hybridized carbons (Fsp3) is 0.600. The van der Waals surface area contributed by atoms with E-state index in [-0.39, 0.29) is 6.10 Å². The fourth-order valence-electron chi connectivity index (χ4n) is 1.63. The number of nitrogens with one attached hydrogen (secondary N) is 1. The minimum Gasteiger partial charge on any atom is -0.491 e. The van der Waals surface area contributed by atoms with Gasteiger partial charge in [-0.05, 0) is 32.0 Å². The second-order valence-electron chi connectivity index (χ2n) is 4.39. The molecule has 4 nitrogen and oxygen atoms in total. The molecule has 0 saturated heterocycles. The molecule has 0 radical (unpaired) electrons. The molecule has 0 aromatic heterocycles. The van der Waals surface area contributed by atoms with E-state index in [4.69, 9.17) is 14.2 Å². The highest BCUT2D eigenvalue weighted by Gasteiger charge is 2.01. The molecule has 1 rings (SSSR count). The summed E-state index contributed by atoms with van der Waals surface area (Å²) < 4.78 is 16.2. The summed E-state index contributed by atoms with van der Waals surface area (Å²) >= 11 is 0. The Kier molecular flexibility index (Phi) is 9.06. The molecule has 19 heavy (non-hydrogen) atoms. The van der Waals surface area contributed by atoms with E-state index >= 15 is 0 Å². The predicted molar refractivity (Wildman–Crippen MR) is 76.7 cm³/mol. The summed E-state index contributed by atoms with van der Waals surface area (Å²) in [7, 11) is 1.72. The van der Waals surface area contributed by atoms with Gasteiger partial charge in [0.1, 0.15) is 12.4 Å². The predicted octanol–water partition coefficient (Wildman–Crippen LogP) is 2.10. The van der Waals surface area contributed by atoms with E-state index < -0.39 is 0 Å². The van der Waals surface area contributed by atoms with Gasteiger partial charge in [-0.3, -0.25) is 0 Å². The molecule has 0 aliphatic heterocycles. The first-order valence-corrected chi connectivity index (χ1v) is 6.82. The highest BCUT2D eigenvalue weighted by Crippen LogP contribution is 2.07. The van der Waals surface area contributed by atoms with Crippen molar-refractivity contribution in [3.63, 3.8) is 0 Å². The fourth-order valence-corrected chi connectivity index (χ4v) is 1.63. The first-order chi connectivity index (χ1) is 9.33. The Morgan fingerprint density at radius 1 is 1.11 bits per heavy atom. The van der Waals surface area contributed by atoms with Gasteiger partial charge in [-0.25, -0.2) is 0 Å². The third-order valence-corrected chi connectivity index (χ3v) is 2.63. The van der Waals surface area contributed by atoms with E-state index in [0.29, 0.717) is 13.2 Å². The van der Waals surface area contributed by atoms with Crippen molar-refractivity contribution in [3.05, 3.63) is 30.3 Å². The van der Waals surface area contributed by atoms with E-state index in [1.54, 1.807) is 7.11 Å². The van der Waals surface area contributed by atoms with Crippen LogP contribution in [0.15, 0.2) is 30.3 Å². The van der Waals surface area contributed by atoms with Crippen molar-refractivity contribution in [1.82, 2.24) is 5.32 Å². The second kappa shape index (κ2) is 10.8. The molecule has 4 heteroatoms. The molecule has 0 amide bonds. The molecular weight excluding hydrogens is 242 g/mol. The maximum atomic E-state index is 5.65. The van der Waals surface area contributed by atoms with E-state index in [1.807, 2.05) is 30.3 Å². The molecular formula is C15H25NO3. The van der Waals surface area contributed by atoms with Crippen molar-refractivity contribution in [2.24, 2.45) is 0 Å². The zero-order chi connectivity index (χ0) is 13.8. The Labute approximate surface area is 116 Å². The topological polar surface area (TPSA) is 39.7 Å². The molecule has 0 saturated carbocycles. The minimum atomic E-state index is 0.196. The van der Waals surface area contributed by atoms with Crippen LogP contribution in [-0.2, 0) is 9.47 Å². The molecule has 0 aliphatic carbocycles. The lowest BCUT2D eigenvalue weighted by Gasteiger charge is -2.14. The molecule has 1 aromatic rings. The van der Waals surface area contributed by atoms with Crippen molar-refractivity contribution >= 4 is 0 Å². The summed E-state index contributed by atoms with van der Waals surface area (Å²) in [6, 6.07) is 9.79. The summed E-state index contributed by atoms with van der Waals surface area (Å²) in [6.07, 6.45) is 1.22. The second-order valence-corrected chi connectivity index (χ2v) is 4.39. The quantitative estimate of drug-likeness (QED) is 0.623. The van der Waals surface area contributed by atoms with E-state index in [0.717, 1.165) is 31.9 Å². The first-order valence-electron chi connectivity index (χ1n) is 6.82. The van der Waals surface area contributed by atoms with Gasteiger partial charge in [-0.1, -0.05) is 18.2 Å². The lowest BCUT2D eigenvalue weighted by atomic mass is 10.3. The van der Waals surface area contributed by atoms with Crippen molar-refractivity contribution in [2.75, 3.05) is 40.0 Å². The van der Waals surface area contributed by atoms with Crippen LogP contribution in [0.4, 0.5) is 0 Å². The molecule has 1 atom stereocenters. The summed E-state index contributed by atoms with van der Waals surface area (Å²) in [5, 5.41) is 3.33. The average Bonchev–Trinajstić information content (AvgIpc) is 2.44. The third kappa shape index (κ3) is 8.59. The van der Waals surface area contributed by atoms with Gasteiger partial charge in [0, 0.05) is 20.3 Å². The molecule has 1 N–H and O–H groups in total. The zero-order valence-corrected chi connectivity index (χ0v) is 11.9. The number of hydrogen-bond donors (Lipinski definition) is 1. The third-order valence-electron chi connectivity index (χ3n) is 2.63. The Balaban J connectivity index is 1.94. The molecule has 108 valence electrons. The molecule has 0 aliphatic rings. The number of methoxy groups -OCH3 is 1. The van der Waals surface area contributed by atoms with Crippen molar-refractivity contribution in [2.45, 2.75) is 19.4 Å². The molecule has 1 unspecified atom stereocenters. The molecule has 1 aromatic carbocycles. The highest BCUT2D eigenvalue weighted by atomic mass is 16.5. The van der Waals surface area contributed by atoms with E-state index in [9.17, 15) is 0 Å². The van der Waals surface area contributed by atoms with Crippen LogP contribution in [0.5, 0.6) is 5.75 Å². The van der Waals surface area contributed by atoms with Crippen LogP contribution >= 0.6 is 0 Å². The number of para-hydroxylation sites is 1. The average molecular weight is 267 g/mol. The lowest BCUT2D eigenvalue weighted by molar-refractivity contribution is 0.0446. The maximum absolute atomic E-state index is 5.65. The summed E-state index contributed by atoms with van der Waals surface area (Å²) in [5.41, 5.74) is 0. The molecule has 0 bridgehead atoms. The Morgan fingerprint density at radius 3 is 2.63 bits per heavy atom. The van der Waals surface area contributed by atoms with Crippen LogP contribution in [-0.4, -0.2) is 46.1 Å². The Hall–Kier alpha value is -1.10. The lowest BCUT2D eigenvalue weighted by Crippen LogP contribution is -2.29. The van der Waals surface area contributed by atoms with Gasteiger partial charge in [-0.15, -0.1) is 0 Å². The summed E-state index contributed by atoms with van der Waals surface area (Å²) in [6.45, 7) is 5.87. The summed E-state index contributed by atoms with van der Waals surface area (Å²) in [5.74, 6) is 0.886. The van der Waals surface area contributed by atoms with Crippen molar-refractivity contribution in [1.29, 1.82) is 0 Å². The van der Waals surface area contributed by atoms with Crippen LogP contribution in [0.2, 0.25) is 0 Å².